The molecule has 0 fully saturated rings. The molecule has 0 aliphatic heterocycles. The number of aromatic nitrogens is 4. The first-order chi connectivity index (χ1) is 4.52. The fraction of sp³-hybridized carbons (Fsp3) is 0.500. The number of alkyl halides is 3. The van der Waals surface area contributed by atoms with Crippen LogP contribution in [0.4, 0.5) is 0 Å². The van der Waals surface area contributed by atoms with Crippen LogP contribution < -0.4 is 0 Å². The van der Waals surface area contributed by atoms with Crippen molar-refractivity contribution in [3.63, 3.8) is 0 Å². The zero-order valence-corrected chi connectivity index (χ0v) is 8.73. The fourth-order valence-electron chi connectivity index (χ4n) is 0.331. The molecule has 1 aromatic heterocycles. The lowest BCUT2D eigenvalue weighted by Gasteiger charge is -2.08. The van der Waals surface area contributed by atoms with Gasteiger partial charge in [0, 0.05) is 22.6 Å². The molecule has 0 aromatic carbocycles. The minimum absolute atomic E-state index is 0.428. The largest absolute Gasteiger partial charge is 0.290 e. The second-order valence-corrected chi connectivity index (χ2v) is 4.51. The maximum absolute atomic E-state index is 5.45. The molecule has 0 unspecified atom stereocenters. The molecule has 1 rings (SSSR count). The summed E-state index contributed by atoms with van der Waals surface area (Å²) >= 11 is 18.2. The molecule has 0 bridgehead atoms. The highest BCUT2D eigenvalue weighted by Crippen LogP contribution is 2.31. The molecule has 0 spiro atoms. The molecule has 1 aromatic rings. The second-order valence-electron chi connectivity index (χ2n) is 1.33. The van der Waals surface area contributed by atoms with Crippen LogP contribution in [0.3, 0.4) is 0 Å². The Morgan fingerprint density at radius 2 is 2.00 bits per heavy atom. The van der Waals surface area contributed by atoms with Gasteiger partial charge in [0.1, 0.15) is 0 Å². The van der Waals surface area contributed by atoms with E-state index in [4.69, 9.17) is 34.8 Å². The summed E-state index contributed by atoms with van der Waals surface area (Å²) in [6.45, 7) is 0. The highest BCUT2D eigenvalue weighted by molar-refractivity contribution is 14.1. The van der Waals surface area contributed by atoms with E-state index in [1.807, 2.05) is 22.6 Å². The summed E-state index contributed by atoms with van der Waals surface area (Å²) in [5.41, 5.74) is 0. The van der Waals surface area contributed by atoms with Gasteiger partial charge >= 0.3 is 0 Å². The molecule has 0 amide bonds. The summed E-state index contributed by atoms with van der Waals surface area (Å²) in [5, 5.41) is 10.2. The van der Waals surface area contributed by atoms with Gasteiger partial charge in [-0.25, -0.2) is 0 Å². The van der Waals surface area contributed by atoms with E-state index in [1.54, 1.807) is 0 Å². The average molecular weight is 313 g/mol. The van der Waals surface area contributed by atoms with Crippen molar-refractivity contribution in [1.82, 2.24) is 20.2 Å². The van der Waals surface area contributed by atoms with E-state index in [0.717, 1.165) is 4.68 Å². The maximum atomic E-state index is 5.45. The molecule has 56 valence electrons. The molecule has 0 N–H and O–H groups in total. The summed E-state index contributed by atoms with van der Waals surface area (Å²) in [6.07, 6.45) is 0. The van der Waals surface area contributed by atoms with Gasteiger partial charge in [0.2, 0.25) is 3.83 Å². The van der Waals surface area contributed by atoms with Crippen LogP contribution in [0.1, 0.15) is 0 Å². The molecule has 0 saturated carbocycles. The van der Waals surface area contributed by atoms with Gasteiger partial charge in [0.05, 0.1) is 0 Å². The quantitative estimate of drug-likeness (QED) is 0.539. The highest BCUT2D eigenvalue weighted by atomic mass is 127. The van der Waals surface area contributed by atoms with E-state index in [1.165, 1.54) is 0 Å². The lowest BCUT2D eigenvalue weighted by atomic mass is 11.2. The first-order valence-corrected chi connectivity index (χ1v) is 4.24. The smallest absolute Gasteiger partial charge is 0.170 e. The molecule has 0 aliphatic carbocycles. The first-order valence-electron chi connectivity index (χ1n) is 2.03. The van der Waals surface area contributed by atoms with Crippen molar-refractivity contribution >= 4 is 57.4 Å². The minimum Gasteiger partial charge on any atom is -0.170 e. The van der Waals surface area contributed by atoms with E-state index >= 15 is 0 Å². The van der Waals surface area contributed by atoms with Crippen molar-refractivity contribution in [1.29, 1.82) is 0 Å². The standard InChI is InChI=1S/C2Cl3IN4/c3-2(4,5)10-1(6)7-8-9-10. The van der Waals surface area contributed by atoms with Gasteiger partial charge in [-0.2, -0.15) is 4.68 Å². The second kappa shape index (κ2) is 2.96. The van der Waals surface area contributed by atoms with Crippen molar-refractivity contribution in [3.8, 4) is 0 Å². The van der Waals surface area contributed by atoms with Gasteiger partial charge in [-0.1, -0.05) is 34.8 Å². The SMILES string of the molecule is ClC(Cl)(Cl)n1nnnc1I. The van der Waals surface area contributed by atoms with Gasteiger partial charge in [-0.15, -0.1) is 5.10 Å². The van der Waals surface area contributed by atoms with Crippen LogP contribution >= 0.6 is 57.4 Å². The summed E-state index contributed by atoms with van der Waals surface area (Å²) in [5.74, 6) is 0. The van der Waals surface area contributed by atoms with Crippen LogP contribution in [0.25, 0.3) is 0 Å². The monoisotopic (exact) mass is 312 g/mol. The lowest BCUT2D eigenvalue weighted by molar-refractivity contribution is 0.624. The van der Waals surface area contributed by atoms with E-state index in [-0.39, 0.29) is 0 Å². The minimum atomic E-state index is -1.60. The Labute approximate surface area is 85.0 Å². The molecule has 0 radical (unpaired) electrons. The summed E-state index contributed by atoms with van der Waals surface area (Å²) in [7, 11) is 0. The Morgan fingerprint density at radius 3 is 2.20 bits per heavy atom. The number of tetrazole rings is 1. The van der Waals surface area contributed by atoms with Crippen molar-refractivity contribution in [2.45, 2.75) is 3.92 Å². The van der Waals surface area contributed by atoms with Gasteiger partial charge in [0.25, 0.3) is 3.92 Å². The molecular weight excluding hydrogens is 313 g/mol. The maximum Gasteiger partial charge on any atom is 0.290 e. The van der Waals surface area contributed by atoms with Crippen LogP contribution in [0, 0.1) is 3.83 Å². The van der Waals surface area contributed by atoms with E-state index in [0.29, 0.717) is 3.83 Å². The predicted octanol–water partition coefficient (Wildman–Crippen LogP) is 1.56. The lowest BCUT2D eigenvalue weighted by Crippen LogP contribution is -2.16. The predicted molar refractivity (Wildman–Crippen MR) is 46.1 cm³/mol. The van der Waals surface area contributed by atoms with Gasteiger partial charge in [-0.3, -0.25) is 0 Å². The number of halogens is 4. The van der Waals surface area contributed by atoms with Gasteiger partial charge in [0.15, 0.2) is 0 Å². The normalized spacial score (nSPS) is 12.0. The van der Waals surface area contributed by atoms with Crippen molar-refractivity contribution < 1.29 is 0 Å². The molecule has 8 heteroatoms. The van der Waals surface area contributed by atoms with Crippen molar-refractivity contribution in [2.75, 3.05) is 0 Å². The molecule has 1 heterocycles. The Bertz CT molecular complexity index is 229. The van der Waals surface area contributed by atoms with E-state index in [2.05, 4.69) is 15.5 Å². The van der Waals surface area contributed by atoms with Crippen LogP contribution in [0.15, 0.2) is 0 Å². The van der Waals surface area contributed by atoms with Crippen LogP contribution in [-0.4, -0.2) is 20.2 Å². The average Bonchev–Trinajstić information content (AvgIpc) is 2.11. The molecule has 0 atom stereocenters. The van der Waals surface area contributed by atoms with E-state index < -0.39 is 3.92 Å². The molecule has 10 heavy (non-hydrogen) atoms. The molecule has 0 saturated heterocycles. The molecule has 0 aliphatic rings. The Hall–Kier alpha value is 0.670. The van der Waals surface area contributed by atoms with Gasteiger partial charge in [-0.05, 0) is 10.4 Å². The van der Waals surface area contributed by atoms with E-state index in [9.17, 15) is 0 Å². The first kappa shape index (κ1) is 8.76. The third-order valence-corrected chi connectivity index (χ3v) is 1.82. The zero-order valence-electron chi connectivity index (χ0n) is 4.30. The molecular formula is C2Cl3IN4. The highest BCUT2D eigenvalue weighted by Gasteiger charge is 2.26. The third-order valence-electron chi connectivity index (χ3n) is 0.672. The molecule has 4 nitrogen and oxygen atoms in total. The summed E-state index contributed by atoms with van der Waals surface area (Å²) < 4.78 is -0.0873. The summed E-state index contributed by atoms with van der Waals surface area (Å²) in [6, 6.07) is 0. The summed E-state index contributed by atoms with van der Waals surface area (Å²) in [4.78, 5) is 0. The number of hydrogen-bond donors (Lipinski definition) is 0. The Kier molecular flexibility index (Phi) is 2.59. The number of hydrogen-bond acceptors (Lipinski definition) is 3. The topological polar surface area (TPSA) is 43.6 Å². The van der Waals surface area contributed by atoms with Crippen LogP contribution in [0.2, 0.25) is 0 Å². The number of rotatable bonds is 0. The van der Waals surface area contributed by atoms with Gasteiger partial charge < -0.3 is 0 Å². The fourth-order valence-corrected chi connectivity index (χ4v) is 1.66. The van der Waals surface area contributed by atoms with Crippen LogP contribution in [0.5, 0.6) is 0 Å². The zero-order chi connectivity index (χ0) is 7.78. The van der Waals surface area contributed by atoms with Crippen molar-refractivity contribution in [2.24, 2.45) is 0 Å². The van der Waals surface area contributed by atoms with Crippen LogP contribution in [-0.2, 0) is 3.92 Å². The number of nitrogens with zero attached hydrogens (tertiary/aromatic N) is 4. The Morgan fingerprint density at radius 1 is 1.40 bits per heavy atom. The van der Waals surface area contributed by atoms with Crippen molar-refractivity contribution in [3.05, 3.63) is 3.83 Å². The Balaban J connectivity index is 3.05. The third kappa shape index (κ3) is 1.84.